The monoisotopic (exact) mass is 224 g/mol. The summed E-state index contributed by atoms with van der Waals surface area (Å²) >= 11 is 0. The van der Waals surface area contributed by atoms with Crippen LogP contribution >= 0.6 is 16.1 Å². The molecule has 0 saturated carbocycles. The van der Waals surface area contributed by atoms with Gasteiger partial charge in [-0.15, -0.1) is 6.58 Å². The van der Waals surface area contributed by atoms with E-state index in [9.17, 15) is 14.0 Å². The quantitative estimate of drug-likeness (QED) is 0.305. The van der Waals surface area contributed by atoms with Crippen LogP contribution in [0.2, 0.25) is 0 Å². The van der Waals surface area contributed by atoms with Crippen LogP contribution in [0.5, 0.6) is 0 Å². The van der Waals surface area contributed by atoms with E-state index in [1.54, 1.807) is 0 Å². The number of phosphoric acid groups is 1. The largest absolute Gasteiger partial charge is 1.00 e. The van der Waals surface area contributed by atoms with Crippen molar-refractivity contribution in [1.29, 1.82) is 0 Å². The molecule has 0 aliphatic heterocycles. The number of hydrogen-bond donors (Lipinski definition) is 1. The van der Waals surface area contributed by atoms with Gasteiger partial charge in [0.15, 0.2) is 0 Å². The summed E-state index contributed by atoms with van der Waals surface area (Å²) in [5, 5.41) is 0. The number of rotatable bonds is 5. The maximum Gasteiger partial charge on any atom is 1.00 e. The Morgan fingerprint density at radius 3 is 2.58 bits per heavy atom. The van der Waals surface area contributed by atoms with E-state index >= 15 is 0 Å². The van der Waals surface area contributed by atoms with Gasteiger partial charge in [0.25, 0.3) is 7.82 Å². The molecular weight excluding hydrogens is 217 g/mol. The first-order chi connectivity index (χ1) is 4.98. The van der Waals surface area contributed by atoms with Crippen LogP contribution in [0.1, 0.15) is 0 Å². The van der Waals surface area contributed by atoms with Gasteiger partial charge in [0.2, 0.25) is 0 Å². The molecule has 0 bridgehead atoms. The van der Waals surface area contributed by atoms with Crippen molar-refractivity contribution in [3.05, 3.63) is 12.7 Å². The van der Waals surface area contributed by atoms with E-state index in [4.69, 9.17) is 4.89 Å². The van der Waals surface area contributed by atoms with Crippen molar-refractivity contribution in [2.45, 2.75) is 0 Å². The van der Waals surface area contributed by atoms with Gasteiger partial charge < -0.3 is 14.3 Å². The topological polar surface area (TPSA) is 95.9 Å². The molecule has 2 atom stereocenters. The Morgan fingerprint density at radius 2 is 2.25 bits per heavy atom. The van der Waals surface area contributed by atoms with E-state index in [-0.39, 0.29) is 36.2 Å². The molecule has 0 spiro atoms. The van der Waals surface area contributed by atoms with Gasteiger partial charge >= 0.3 is 37.8 Å². The molecule has 0 aliphatic carbocycles. The maximum atomic E-state index is 10.4. The molecule has 0 aliphatic rings. The summed E-state index contributed by atoms with van der Waals surface area (Å²) in [6.07, 6.45) is 1.17. The van der Waals surface area contributed by atoms with Crippen LogP contribution in [0.15, 0.2) is 12.7 Å². The zero-order chi connectivity index (χ0) is 8.91. The molecule has 66 valence electrons. The smallest absolute Gasteiger partial charge is 0.756 e. The molecule has 0 aromatic heterocycles. The van der Waals surface area contributed by atoms with Crippen LogP contribution in [-0.2, 0) is 18.0 Å². The Kier molecular flexibility index (Phi) is 9.62. The summed E-state index contributed by atoms with van der Waals surface area (Å²) in [6.45, 7) is 2.89. The predicted octanol–water partition coefficient (Wildman–Crippen LogP) is -2.94. The zero-order valence-electron chi connectivity index (χ0n) is 6.43. The van der Waals surface area contributed by atoms with Crippen LogP contribution in [0.25, 0.3) is 0 Å². The van der Waals surface area contributed by atoms with Crippen LogP contribution in [0.4, 0.5) is 0 Å². The van der Waals surface area contributed by atoms with Gasteiger partial charge in [-0.3, -0.25) is 9.13 Å². The second-order valence-electron chi connectivity index (χ2n) is 1.39. The summed E-state index contributed by atoms with van der Waals surface area (Å²) in [5.74, 6) is 0. The first kappa shape index (κ1) is 15.5. The molecule has 0 aromatic rings. The molecule has 0 heterocycles. The van der Waals surface area contributed by atoms with E-state index in [0.717, 1.165) is 0 Å². The van der Waals surface area contributed by atoms with Crippen LogP contribution < -0.4 is 34.5 Å². The van der Waals surface area contributed by atoms with Gasteiger partial charge in [-0.1, -0.05) is 6.08 Å². The molecule has 12 heavy (non-hydrogen) atoms. The minimum atomic E-state index is -4.60. The average Bonchev–Trinajstić information content (AvgIpc) is 1.81. The van der Waals surface area contributed by atoms with Crippen molar-refractivity contribution in [3.8, 4) is 0 Å². The summed E-state index contributed by atoms with van der Waals surface area (Å²) in [7, 11) is -8.11. The van der Waals surface area contributed by atoms with Crippen molar-refractivity contribution in [2.75, 3.05) is 6.61 Å². The predicted molar refractivity (Wildman–Crippen MR) is 36.1 cm³/mol. The summed E-state index contributed by atoms with van der Waals surface area (Å²) in [4.78, 5) is 18.4. The Labute approximate surface area is 92.4 Å². The molecule has 0 radical (unpaired) electrons. The van der Waals surface area contributed by atoms with E-state index in [1.165, 1.54) is 6.08 Å². The first-order valence-electron chi connectivity index (χ1n) is 2.47. The summed E-state index contributed by atoms with van der Waals surface area (Å²) in [6, 6.07) is 0. The fourth-order valence-electron chi connectivity index (χ4n) is 0.266. The van der Waals surface area contributed by atoms with Crippen LogP contribution in [-0.4, -0.2) is 11.5 Å². The fraction of sp³-hybridized carbons (Fsp3) is 0.333. The molecule has 1 N–H and O–H groups in total. The standard InChI is InChI=1S/C3H8O6P2.Na/c1-2-3-8-11(6,7)9-10(4)5;/h2,10H,1,3H2,(H,4,5)(H,6,7);/q;+1/p-1. The van der Waals surface area contributed by atoms with E-state index in [1.807, 2.05) is 0 Å². The molecule has 0 rings (SSSR count). The van der Waals surface area contributed by atoms with Gasteiger partial charge in [-0.05, 0) is 0 Å². The van der Waals surface area contributed by atoms with Crippen molar-refractivity contribution >= 4 is 16.1 Å². The number of phosphoric ester groups is 1. The Morgan fingerprint density at radius 1 is 1.75 bits per heavy atom. The zero-order valence-corrected chi connectivity index (χ0v) is 10.3. The average molecular weight is 224 g/mol. The molecule has 0 amide bonds. The Hall–Kier alpha value is 1.04. The maximum absolute atomic E-state index is 10.4. The third kappa shape index (κ3) is 9.13. The summed E-state index contributed by atoms with van der Waals surface area (Å²) < 4.78 is 27.9. The molecule has 0 fully saturated rings. The molecule has 6 nitrogen and oxygen atoms in total. The summed E-state index contributed by atoms with van der Waals surface area (Å²) in [5.41, 5.74) is 0. The molecule has 0 saturated heterocycles. The number of hydrogen-bond acceptors (Lipinski definition) is 5. The van der Waals surface area contributed by atoms with Crippen molar-refractivity contribution < 1.29 is 57.3 Å². The molecule has 2 unspecified atom stereocenters. The van der Waals surface area contributed by atoms with Crippen molar-refractivity contribution in [1.82, 2.24) is 0 Å². The Balaban J connectivity index is 0. The Bertz CT molecular complexity index is 205. The fourth-order valence-corrected chi connectivity index (χ4v) is 1.53. The van der Waals surface area contributed by atoms with Gasteiger partial charge in [0.05, 0.1) is 6.61 Å². The van der Waals surface area contributed by atoms with Crippen LogP contribution in [0, 0.1) is 0 Å². The first-order valence-corrected chi connectivity index (χ1v) is 5.19. The van der Waals surface area contributed by atoms with Gasteiger partial charge in [-0.2, -0.15) is 0 Å². The van der Waals surface area contributed by atoms with Gasteiger partial charge in [-0.25, -0.2) is 4.31 Å². The SMILES string of the molecule is C=CCOP(=O)([O-])O[PH](=O)O.[Na+]. The molecule has 0 aromatic carbocycles. The third-order valence-electron chi connectivity index (χ3n) is 0.540. The molecule has 9 heteroatoms. The van der Waals surface area contributed by atoms with Crippen molar-refractivity contribution in [3.63, 3.8) is 0 Å². The van der Waals surface area contributed by atoms with E-state index in [0.29, 0.717) is 0 Å². The minimum absolute atomic E-state index is 0. The van der Waals surface area contributed by atoms with Gasteiger partial charge in [0, 0.05) is 0 Å². The second kappa shape index (κ2) is 7.44. The normalized spacial score (nSPS) is 17.2. The van der Waals surface area contributed by atoms with Gasteiger partial charge in [0.1, 0.15) is 0 Å². The molecular formula is C3H7NaO6P2. The third-order valence-corrected chi connectivity index (χ3v) is 2.52. The second-order valence-corrected chi connectivity index (χ2v) is 3.80. The van der Waals surface area contributed by atoms with Crippen LogP contribution in [0.3, 0.4) is 0 Å². The van der Waals surface area contributed by atoms with Crippen molar-refractivity contribution in [2.24, 2.45) is 0 Å². The van der Waals surface area contributed by atoms with E-state index < -0.39 is 16.1 Å². The van der Waals surface area contributed by atoms with E-state index in [2.05, 4.69) is 15.4 Å². The minimum Gasteiger partial charge on any atom is -0.756 e.